The van der Waals surface area contributed by atoms with E-state index in [1.54, 1.807) is 18.9 Å². The van der Waals surface area contributed by atoms with Crippen molar-refractivity contribution < 1.29 is 23.8 Å². The van der Waals surface area contributed by atoms with Gasteiger partial charge in [-0.3, -0.25) is 0 Å². The van der Waals surface area contributed by atoms with Gasteiger partial charge in [0.1, 0.15) is 25.0 Å². The molecule has 1 aliphatic rings. The highest BCUT2D eigenvalue weighted by Crippen LogP contribution is 2.49. The van der Waals surface area contributed by atoms with E-state index in [9.17, 15) is 9.59 Å². The highest BCUT2D eigenvalue weighted by atomic mass is 32.2. The number of benzene rings is 6. The summed E-state index contributed by atoms with van der Waals surface area (Å²) in [6.07, 6.45) is -0.682. The first-order valence-corrected chi connectivity index (χ1v) is 18.3. The number of carbonyl (C=O) groups excluding carboxylic acids is 2. The summed E-state index contributed by atoms with van der Waals surface area (Å²) in [6.45, 7) is 0.167. The monoisotopic (exact) mass is 721 g/mol. The van der Waals surface area contributed by atoms with Crippen LogP contribution in [0, 0.1) is 0 Å². The first-order chi connectivity index (χ1) is 25.6. The average molecular weight is 722 g/mol. The summed E-state index contributed by atoms with van der Waals surface area (Å²) in [5, 5.41) is 2.89. The lowest BCUT2D eigenvalue weighted by atomic mass is 9.84. The van der Waals surface area contributed by atoms with Gasteiger partial charge in [0.25, 0.3) is 0 Å². The number of hydrogen-bond acceptors (Lipinski definition) is 6. The van der Waals surface area contributed by atoms with Crippen LogP contribution in [0.5, 0.6) is 5.75 Å². The molecule has 1 amide bonds. The molecule has 53 heavy (non-hydrogen) atoms. The van der Waals surface area contributed by atoms with Crippen LogP contribution in [0.25, 0.3) is 11.1 Å². The fourth-order valence-electron chi connectivity index (χ4n) is 6.90. The molecule has 0 aromatic heterocycles. The molecule has 1 N–H and O–H groups in total. The Bertz CT molecular complexity index is 1960. The van der Waals surface area contributed by atoms with Crippen molar-refractivity contribution >= 4 is 23.8 Å². The van der Waals surface area contributed by atoms with Gasteiger partial charge in [-0.15, -0.1) is 11.8 Å². The number of hydrogen-bond donors (Lipinski definition) is 1. The average Bonchev–Trinajstić information content (AvgIpc) is 3.53. The van der Waals surface area contributed by atoms with Crippen molar-refractivity contribution in [3.63, 3.8) is 0 Å². The van der Waals surface area contributed by atoms with Gasteiger partial charge in [-0.1, -0.05) is 159 Å². The molecular weight excluding hydrogens is 679 g/mol. The van der Waals surface area contributed by atoms with E-state index in [4.69, 9.17) is 14.2 Å². The fraction of sp³-hybridized carbons (Fsp3) is 0.174. The number of fused-ring (bicyclic) bond motifs is 3. The molecular formula is C46H43NO5S. The van der Waals surface area contributed by atoms with Gasteiger partial charge in [0, 0.05) is 11.7 Å². The number of esters is 1. The summed E-state index contributed by atoms with van der Waals surface area (Å²) in [5.41, 5.74) is 8.44. The number of carbonyl (C=O) groups is 2. The van der Waals surface area contributed by atoms with Gasteiger partial charge in [-0.25, -0.2) is 9.59 Å². The zero-order chi connectivity index (χ0) is 35.8. The lowest BCUT2D eigenvalue weighted by molar-refractivity contribution is -0.146. The SMILES string of the molecule is C.COc1ccc(COC(=O)[C@@H](CSC(c2ccccc2)(c2ccccc2)c2ccccc2)NC(=O)OCC2c3ccccc3-c3ccccc32)cc1. The Labute approximate surface area is 316 Å². The normalized spacial score (nSPS) is 12.4. The molecule has 7 heteroatoms. The first kappa shape index (κ1) is 37.0. The van der Waals surface area contributed by atoms with Crippen LogP contribution in [0.15, 0.2) is 164 Å². The van der Waals surface area contributed by atoms with E-state index in [0.29, 0.717) is 5.75 Å². The van der Waals surface area contributed by atoms with Crippen molar-refractivity contribution in [2.24, 2.45) is 0 Å². The Morgan fingerprint density at radius 3 is 1.60 bits per heavy atom. The zero-order valence-electron chi connectivity index (χ0n) is 28.8. The Morgan fingerprint density at radius 2 is 1.11 bits per heavy atom. The molecule has 7 rings (SSSR count). The van der Waals surface area contributed by atoms with Crippen molar-refractivity contribution in [3.8, 4) is 16.9 Å². The predicted octanol–water partition coefficient (Wildman–Crippen LogP) is 10.0. The van der Waals surface area contributed by atoms with Gasteiger partial charge < -0.3 is 19.5 Å². The van der Waals surface area contributed by atoms with Crippen LogP contribution in [-0.4, -0.2) is 37.6 Å². The van der Waals surface area contributed by atoms with Gasteiger partial charge in [-0.05, 0) is 56.6 Å². The van der Waals surface area contributed by atoms with Crippen LogP contribution in [0.4, 0.5) is 4.79 Å². The molecule has 6 aromatic carbocycles. The second-order valence-electron chi connectivity index (χ2n) is 12.6. The third-order valence-electron chi connectivity index (χ3n) is 9.47. The fourth-order valence-corrected chi connectivity index (χ4v) is 8.45. The van der Waals surface area contributed by atoms with Gasteiger partial charge >= 0.3 is 12.1 Å². The molecule has 0 spiro atoms. The number of alkyl carbamates (subject to hydrolysis) is 1. The molecule has 0 fully saturated rings. The number of rotatable bonds is 13. The molecule has 0 aliphatic heterocycles. The maximum absolute atomic E-state index is 14.0. The molecule has 0 saturated carbocycles. The van der Waals surface area contributed by atoms with Crippen molar-refractivity contribution in [2.45, 2.75) is 30.7 Å². The van der Waals surface area contributed by atoms with Crippen LogP contribution in [-0.2, 0) is 25.6 Å². The van der Waals surface area contributed by atoms with Gasteiger partial charge in [0.2, 0.25) is 0 Å². The summed E-state index contributed by atoms with van der Waals surface area (Å²) in [7, 11) is 1.60. The largest absolute Gasteiger partial charge is 0.497 e. The van der Waals surface area contributed by atoms with Crippen molar-refractivity contribution in [1.82, 2.24) is 5.32 Å². The molecule has 0 bridgehead atoms. The highest BCUT2D eigenvalue weighted by Gasteiger charge is 2.39. The zero-order valence-corrected chi connectivity index (χ0v) is 29.6. The molecule has 268 valence electrons. The van der Waals surface area contributed by atoms with Gasteiger partial charge in [0.05, 0.1) is 11.9 Å². The first-order valence-electron chi connectivity index (χ1n) is 17.3. The van der Waals surface area contributed by atoms with E-state index in [1.165, 1.54) is 0 Å². The van der Waals surface area contributed by atoms with Crippen molar-refractivity contribution in [1.29, 1.82) is 0 Å². The van der Waals surface area contributed by atoms with E-state index < -0.39 is 22.9 Å². The third-order valence-corrected chi connectivity index (χ3v) is 11.1. The topological polar surface area (TPSA) is 73.9 Å². The molecule has 1 aliphatic carbocycles. The Kier molecular flexibility index (Phi) is 12.0. The van der Waals surface area contributed by atoms with Crippen molar-refractivity contribution in [3.05, 3.63) is 197 Å². The number of thioether (sulfide) groups is 1. The maximum atomic E-state index is 14.0. The summed E-state index contributed by atoms with van der Waals surface area (Å²) in [6, 6.07) is 53.4. The standard InChI is InChI=1S/C45H39NO5S.CH4/c1-49-36-27-25-32(26-28-36)29-50-43(47)42(46-44(48)51-30-41-39-23-13-11-21-37(39)38-22-12-14-24-40(38)41)31-52-45(33-15-5-2-6-16-33,34-17-7-3-8-18-34)35-19-9-4-10-20-35;/h2-28,41-42H,29-31H2,1H3,(H,46,48);1H4/t42-;/m1./s1. The van der Waals surface area contributed by atoms with E-state index >= 15 is 0 Å². The molecule has 0 unspecified atom stereocenters. The highest BCUT2D eigenvalue weighted by molar-refractivity contribution is 8.00. The maximum Gasteiger partial charge on any atom is 0.407 e. The van der Waals surface area contributed by atoms with Gasteiger partial charge in [-0.2, -0.15) is 0 Å². The molecule has 1 atom stereocenters. The molecule has 0 radical (unpaired) electrons. The molecule has 0 saturated heterocycles. The number of amides is 1. The van der Waals surface area contributed by atoms with E-state index in [1.807, 2.05) is 103 Å². The summed E-state index contributed by atoms with van der Waals surface area (Å²) < 4.78 is 16.3. The van der Waals surface area contributed by atoms with Crippen LogP contribution in [0.3, 0.4) is 0 Å². The number of methoxy groups -OCH3 is 1. The lowest BCUT2D eigenvalue weighted by Crippen LogP contribution is -2.45. The summed E-state index contributed by atoms with van der Waals surface area (Å²) >= 11 is 1.57. The smallest absolute Gasteiger partial charge is 0.407 e. The van der Waals surface area contributed by atoms with Crippen LogP contribution in [0.2, 0.25) is 0 Å². The minimum Gasteiger partial charge on any atom is -0.497 e. The van der Waals surface area contributed by atoms with E-state index in [-0.39, 0.29) is 32.3 Å². The van der Waals surface area contributed by atoms with Crippen LogP contribution < -0.4 is 10.1 Å². The van der Waals surface area contributed by atoms with Crippen molar-refractivity contribution in [2.75, 3.05) is 19.5 Å². The Balaban J connectivity index is 0.00000481. The van der Waals surface area contributed by atoms with E-state index in [0.717, 1.165) is 44.5 Å². The second-order valence-corrected chi connectivity index (χ2v) is 13.8. The Morgan fingerprint density at radius 1 is 0.642 bits per heavy atom. The molecule has 6 aromatic rings. The van der Waals surface area contributed by atoms with E-state index in [2.05, 4.69) is 66.0 Å². The minimum atomic E-state index is -1.02. The Hall–Kier alpha value is -5.79. The minimum absolute atomic E-state index is 0. The predicted molar refractivity (Wildman–Crippen MR) is 213 cm³/mol. The quantitative estimate of drug-likeness (QED) is 0.0946. The molecule has 0 heterocycles. The second kappa shape index (κ2) is 17.2. The third kappa shape index (κ3) is 8.01. The molecule has 6 nitrogen and oxygen atoms in total. The van der Waals surface area contributed by atoms with Gasteiger partial charge in [0.15, 0.2) is 0 Å². The number of ether oxygens (including phenoxy) is 3. The van der Waals surface area contributed by atoms with Crippen LogP contribution >= 0.6 is 11.8 Å². The number of nitrogens with one attached hydrogen (secondary N) is 1. The summed E-state index contributed by atoms with van der Waals surface area (Å²) in [5.74, 6) is 0.236. The van der Waals surface area contributed by atoms with Crippen LogP contribution in [0.1, 0.15) is 46.7 Å². The lowest BCUT2D eigenvalue weighted by Gasteiger charge is -2.36. The summed E-state index contributed by atoms with van der Waals surface area (Å²) in [4.78, 5) is 27.6.